The summed E-state index contributed by atoms with van der Waals surface area (Å²) in [6, 6.07) is 6.53. The molecule has 0 saturated heterocycles. The SMILES string of the molecule is COc1ccc(CC(=O)n2c(C)nc([N+](=O)[O-])c2[N+](=O)[O-])cc1. The summed E-state index contributed by atoms with van der Waals surface area (Å²) in [4.78, 5) is 35.8. The van der Waals surface area contributed by atoms with Crippen LogP contribution in [0.2, 0.25) is 0 Å². The molecular weight excluding hydrogens is 308 g/mol. The Morgan fingerprint density at radius 2 is 1.83 bits per heavy atom. The first-order valence-corrected chi connectivity index (χ1v) is 6.39. The number of hydrogen-bond donors (Lipinski definition) is 0. The van der Waals surface area contributed by atoms with Crippen LogP contribution in [-0.2, 0) is 6.42 Å². The minimum Gasteiger partial charge on any atom is -0.497 e. The summed E-state index contributed by atoms with van der Waals surface area (Å²) in [5.41, 5.74) is 0.584. The van der Waals surface area contributed by atoms with E-state index in [1.165, 1.54) is 14.0 Å². The number of nitro groups is 2. The molecule has 0 saturated carbocycles. The standard InChI is InChI=1S/C13H12N4O6/c1-8-14-12(16(19)20)13(17(21)22)15(8)11(18)7-9-3-5-10(23-2)6-4-9/h3-6H,7H2,1-2H3. The number of nitrogens with zero attached hydrogens (tertiary/aromatic N) is 4. The van der Waals surface area contributed by atoms with Crippen molar-refractivity contribution in [3.63, 3.8) is 0 Å². The lowest BCUT2D eigenvalue weighted by molar-refractivity contribution is -0.428. The molecule has 0 amide bonds. The summed E-state index contributed by atoms with van der Waals surface area (Å²) in [7, 11) is 1.50. The zero-order valence-corrected chi connectivity index (χ0v) is 12.3. The van der Waals surface area contributed by atoms with Gasteiger partial charge in [0.1, 0.15) is 5.75 Å². The molecule has 1 heterocycles. The average Bonchev–Trinajstić information content (AvgIpc) is 2.86. The van der Waals surface area contributed by atoms with Gasteiger partial charge in [0.2, 0.25) is 0 Å². The highest BCUT2D eigenvalue weighted by molar-refractivity contribution is 5.85. The molecule has 120 valence electrons. The largest absolute Gasteiger partial charge is 0.497 e. The second kappa shape index (κ2) is 6.22. The Kier molecular flexibility index (Phi) is 4.35. The Hall–Kier alpha value is -3.30. The van der Waals surface area contributed by atoms with E-state index in [1.54, 1.807) is 24.3 Å². The molecular formula is C13H12N4O6. The van der Waals surface area contributed by atoms with Gasteiger partial charge in [-0.1, -0.05) is 12.1 Å². The van der Waals surface area contributed by atoms with E-state index in [9.17, 15) is 25.0 Å². The summed E-state index contributed by atoms with van der Waals surface area (Å²) >= 11 is 0. The van der Waals surface area contributed by atoms with Gasteiger partial charge in [-0.2, -0.15) is 0 Å². The van der Waals surface area contributed by atoms with E-state index in [4.69, 9.17) is 4.74 Å². The van der Waals surface area contributed by atoms with Crippen LogP contribution in [0, 0.1) is 27.2 Å². The number of methoxy groups -OCH3 is 1. The predicted octanol–water partition coefficient (Wildman–Crippen LogP) is 1.90. The first kappa shape index (κ1) is 16.1. The third-order valence-corrected chi connectivity index (χ3v) is 3.11. The number of aryl methyl sites for hydroxylation is 1. The van der Waals surface area contributed by atoms with E-state index >= 15 is 0 Å². The number of carbonyl (C=O) groups is 1. The van der Waals surface area contributed by atoms with Crippen LogP contribution >= 0.6 is 0 Å². The molecule has 0 radical (unpaired) electrons. The van der Waals surface area contributed by atoms with Crippen LogP contribution in [0.4, 0.5) is 11.6 Å². The van der Waals surface area contributed by atoms with E-state index in [0.717, 1.165) is 0 Å². The normalized spacial score (nSPS) is 10.3. The monoisotopic (exact) mass is 320 g/mol. The molecule has 1 aromatic carbocycles. The fraction of sp³-hybridized carbons (Fsp3) is 0.231. The van der Waals surface area contributed by atoms with Crippen LogP contribution in [0.3, 0.4) is 0 Å². The Bertz CT molecular complexity index is 781. The molecule has 0 aliphatic heterocycles. The summed E-state index contributed by atoms with van der Waals surface area (Å²) in [5, 5.41) is 21.9. The van der Waals surface area contributed by atoms with Crippen molar-refractivity contribution < 1.29 is 19.4 Å². The molecule has 0 aliphatic rings. The first-order valence-electron chi connectivity index (χ1n) is 6.39. The van der Waals surface area contributed by atoms with Crippen LogP contribution in [-0.4, -0.2) is 32.4 Å². The molecule has 0 unspecified atom stereocenters. The molecule has 10 heteroatoms. The molecule has 2 rings (SSSR count). The molecule has 10 nitrogen and oxygen atoms in total. The van der Waals surface area contributed by atoms with Crippen molar-refractivity contribution >= 4 is 17.5 Å². The zero-order chi connectivity index (χ0) is 17.1. The van der Waals surface area contributed by atoms with Gasteiger partial charge in [-0.15, -0.1) is 4.57 Å². The van der Waals surface area contributed by atoms with Crippen molar-refractivity contribution in [2.75, 3.05) is 7.11 Å². The maximum Gasteiger partial charge on any atom is 0.463 e. The number of benzene rings is 1. The second-order valence-electron chi connectivity index (χ2n) is 4.57. The van der Waals surface area contributed by atoms with Gasteiger partial charge in [-0.05, 0) is 27.5 Å². The maximum atomic E-state index is 12.3. The zero-order valence-electron chi connectivity index (χ0n) is 12.3. The van der Waals surface area contributed by atoms with Gasteiger partial charge in [0.15, 0.2) is 0 Å². The Morgan fingerprint density at radius 3 is 2.30 bits per heavy atom. The molecule has 23 heavy (non-hydrogen) atoms. The minimum absolute atomic E-state index is 0.109. The third kappa shape index (κ3) is 3.15. The minimum atomic E-state index is -0.984. The highest BCUT2D eigenvalue weighted by atomic mass is 16.6. The van der Waals surface area contributed by atoms with Gasteiger partial charge < -0.3 is 25.0 Å². The molecule has 0 fully saturated rings. The lowest BCUT2D eigenvalue weighted by atomic mass is 10.1. The molecule has 0 aliphatic carbocycles. The van der Waals surface area contributed by atoms with Crippen LogP contribution in [0.15, 0.2) is 24.3 Å². The summed E-state index contributed by atoms with van der Waals surface area (Å²) < 4.78 is 5.65. The van der Waals surface area contributed by atoms with Crippen molar-refractivity contribution in [1.82, 2.24) is 9.55 Å². The van der Waals surface area contributed by atoms with Crippen LogP contribution in [0.5, 0.6) is 5.75 Å². The van der Waals surface area contributed by atoms with Gasteiger partial charge in [0.05, 0.1) is 13.5 Å². The Balaban J connectivity index is 2.38. The third-order valence-electron chi connectivity index (χ3n) is 3.11. The fourth-order valence-corrected chi connectivity index (χ4v) is 2.09. The summed E-state index contributed by atoms with van der Waals surface area (Å²) in [6.45, 7) is 1.30. The van der Waals surface area contributed by atoms with Gasteiger partial charge in [-0.25, -0.2) is 4.79 Å². The van der Waals surface area contributed by atoms with E-state index in [0.29, 0.717) is 15.9 Å². The number of ether oxygens (including phenoxy) is 1. The van der Waals surface area contributed by atoms with E-state index in [-0.39, 0.29) is 12.2 Å². The van der Waals surface area contributed by atoms with E-state index in [2.05, 4.69) is 4.98 Å². The quantitative estimate of drug-likeness (QED) is 0.607. The average molecular weight is 320 g/mol. The molecule has 0 bridgehead atoms. The topological polar surface area (TPSA) is 130 Å². The molecule has 0 N–H and O–H groups in total. The van der Waals surface area contributed by atoms with E-state index in [1.807, 2.05) is 0 Å². The number of aromatic nitrogens is 2. The van der Waals surface area contributed by atoms with Gasteiger partial charge in [0, 0.05) is 11.9 Å². The number of carbonyl (C=O) groups excluding carboxylic acids is 1. The molecule has 2 aromatic rings. The van der Waals surface area contributed by atoms with Crippen molar-refractivity contribution in [3.8, 4) is 5.75 Å². The molecule has 0 spiro atoms. The van der Waals surface area contributed by atoms with Crippen LogP contribution in [0.25, 0.3) is 0 Å². The Labute approximate surface area is 129 Å². The fourth-order valence-electron chi connectivity index (χ4n) is 2.09. The van der Waals surface area contributed by atoms with Gasteiger partial charge in [0.25, 0.3) is 0 Å². The van der Waals surface area contributed by atoms with Gasteiger partial charge in [-0.3, -0.25) is 0 Å². The number of imidazole rings is 1. The highest BCUT2D eigenvalue weighted by Gasteiger charge is 2.39. The lowest BCUT2D eigenvalue weighted by Crippen LogP contribution is -2.17. The van der Waals surface area contributed by atoms with Crippen molar-refractivity contribution in [3.05, 3.63) is 55.9 Å². The lowest BCUT2D eigenvalue weighted by Gasteiger charge is -2.02. The molecule has 0 atom stereocenters. The van der Waals surface area contributed by atoms with E-state index < -0.39 is 27.4 Å². The number of rotatable bonds is 5. The predicted molar refractivity (Wildman–Crippen MR) is 77.6 cm³/mol. The summed E-state index contributed by atoms with van der Waals surface area (Å²) in [6.07, 6.45) is -0.167. The smallest absolute Gasteiger partial charge is 0.463 e. The number of hydrogen-bond acceptors (Lipinski definition) is 7. The van der Waals surface area contributed by atoms with Crippen molar-refractivity contribution in [1.29, 1.82) is 0 Å². The second-order valence-corrected chi connectivity index (χ2v) is 4.57. The van der Waals surface area contributed by atoms with Crippen LogP contribution in [0.1, 0.15) is 16.2 Å². The highest BCUT2D eigenvalue weighted by Crippen LogP contribution is 2.27. The first-order chi connectivity index (χ1) is 10.8. The summed E-state index contributed by atoms with van der Waals surface area (Å²) in [5.74, 6) is -2.08. The Morgan fingerprint density at radius 1 is 1.22 bits per heavy atom. The molecule has 1 aromatic heterocycles. The van der Waals surface area contributed by atoms with Crippen LogP contribution < -0.4 is 4.74 Å². The van der Waals surface area contributed by atoms with Crippen molar-refractivity contribution in [2.24, 2.45) is 0 Å². The van der Waals surface area contributed by atoms with Gasteiger partial charge >= 0.3 is 23.4 Å². The van der Waals surface area contributed by atoms with Crippen molar-refractivity contribution in [2.45, 2.75) is 13.3 Å². The maximum absolute atomic E-state index is 12.3.